The van der Waals surface area contributed by atoms with Crippen molar-refractivity contribution in [2.24, 2.45) is 0 Å². The van der Waals surface area contributed by atoms with Crippen LogP contribution in [-0.2, 0) is 6.42 Å². The van der Waals surface area contributed by atoms with Gasteiger partial charge in [-0.2, -0.15) is 0 Å². The van der Waals surface area contributed by atoms with Crippen molar-refractivity contribution in [3.63, 3.8) is 0 Å². The van der Waals surface area contributed by atoms with Crippen molar-refractivity contribution in [3.05, 3.63) is 56.1 Å². The van der Waals surface area contributed by atoms with Gasteiger partial charge in [-0.25, -0.2) is 9.97 Å². The first-order valence-corrected chi connectivity index (χ1v) is 9.57. The molecule has 0 saturated carbocycles. The Morgan fingerprint density at radius 1 is 1.23 bits per heavy atom. The maximum atomic E-state index is 12.4. The van der Waals surface area contributed by atoms with Gasteiger partial charge in [-0.05, 0) is 23.8 Å². The summed E-state index contributed by atoms with van der Waals surface area (Å²) in [4.78, 5) is 20.8. The number of rotatable bonds is 3. The van der Waals surface area contributed by atoms with Crippen LogP contribution >= 0.6 is 46.1 Å². The monoisotopic (exact) mass is 425 g/mol. The number of benzene rings is 1. The van der Waals surface area contributed by atoms with Crippen molar-refractivity contribution in [1.29, 1.82) is 0 Å². The molecule has 26 heavy (non-hydrogen) atoms. The third-order valence-electron chi connectivity index (χ3n) is 3.84. The van der Waals surface area contributed by atoms with E-state index in [1.165, 1.54) is 17.5 Å². The van der Waals surface area contributed by atoms with E-state index in [9.17, 15) is 4.79 Å². The molecular weight excluding hydrogens is 417 g/mol. The van der Waals surface area contributed by atoms with E-state index in [4.69, 9.17) is 39.5 Å². The van der Waals surface area contributed by atoms with Crippen LogP contribution in [0.4, 0.5) is 5.13 Å². The molecule has 0 saturated heterocycles. The minimum absolute atomic E-state index is 0.00654. The van der Waals surface area contributed by atoms with Gasteiger partial charge in [0.25, 0.3) is 5.91 Å². The molecule has 0 bridgehead atoms. The third kappa shape index (κ3) is 3.25. The Morgan fingerprint density at radius 3 is 2.92 bits per heavy atom. The highest BCUT2D eigenvalue weighted by Gasteiger charge is 2.19. The molecule has 0 atom stereocenters. The van der Waals surface area contributed by atoms with Crippen LogP contribution in [0.2, 0.25) is 15.1 Å². The lowest BCUT2D eigenvalue weighted by atomic mass is 10.1. The SMILES string of the molecule is O=C(Nc1nc(-c2ccc3c(c2)CCO3)cs1)c1ncc(Cl)c(Cl)c1Cl. The molecule has 5 nitrogen and oxygen atoms in total. The number of amides is 1. The molecular formula is C17H10Cl3N3O2S. The van der Waals surface area contributed by atoms with E-state index in [-0.39, 0.29) is 20.8 Å². The van der Waals surface area contributed by atoms with Crippen LogP contribution in [0, 0.1) is 0 Å². The lowest BCUT2D eigenvalue weighted by molar-refractivity contribution is 0.102. The molecule has 1 aliphatic rings. The van der Waals surface area contributed by atoms with Gasteiger partial charge in [0.1, 0.15) is 11.4 Å². The fraction of sp³-hybridized carbons (Fsp3) is 0.118. The van der Waals surface area contributed by atoms with E-state index >= 15 is 0 Å². The number of carbonyl (C=O) groups is 1. The number of carbonyl (C=O) groups excluding carboxylic acids is 1. The Hall–Kier alpha value is -1.86. The molecule has 3 heterocycles. The molecule has 1 aliphatic heterocycles. The van der Waals surface area contributed by atoms with Gasteiger partial charge in [0.05, 0.1) is 27.4 Å². The number of hydrogen-bond acceptors (Lipinski definition) is 5. The molecule has 1 aromatic carbocycles. The molecule has 0 spiro atoms. The largest absolute Gasteiger partial charge is 0.493 e. The van der Waals surface area contributed by atoms with E-state index in [0.717, 1.165) is 29.0 Å². The number of halogens is 3. The zero-order valence-corrected chi connectivity index (χ0v) is 16.1. The van der Waals surface area contributed by atoms with Gasteiger partial charge in [0.15, 0.2) is 5.13 Å². The van der Waals surface area contributed by atoms with E-state index in [1.54, 1.807) is 0 Å². The quantitative estimate of drug-likeness (QED) is 0.613. The maximum absolute atomic E-state index is 12.4. The summed E-state index contributed by atoms with van der Waals surface area (Å²) in [5.41, 5.74) is 2.89. The summed E-state index contributed by atoms with van der Waals surface area (Å²) in [6, 6.07) is 5.94. The highest BCUT2D eigenvalue weighted by Crippen LogP contribution is 2.33. The van der Waals surface area contributed by atoms with Gasteiger partial charge in [-0.15, -0.1) is 11.3 Å². The van der Waals surface area contributed by atoms with Gasteiger partial charge in [0, 0.05) is 23.6 Å². The summed E-state index contributed by atoms with van der Waals surface area (Å²) >= 11 is 19.1. The normalized spacial score (nSPS) is 12.6. The number of anilines is 1. The summed E-state index contributed by atoms with van der Waals surface area (Å²) in [6.45, 7) is 0.703. The molecule has 0 aliphatic carbocycles. The smallest absolute Gasteiger partial charge is 0.277 e. The number of thiazole rings is 1. The van der Waals surface area contributed by atoms with Crippen LogP contribution in [0.5, 0.6) is 5.75 Å². The molecule has 0 radical (unpaired) electrons. The van der Waals surface area contributed by atoms with Crippen LogP contribution < -0.4 is 10.1 Å². The molecule has 1 N–H and O–H groups in total. The highest BCUT2D eigenvalue weighted by atomic mass is 35.5. The lowest BCUT2D eigenvalue weighted by Gasteiger charge is -2.05. The molecule has 3 aromatic rings. The number of hydrogen-bond donors (Lipinski definition) is 1. The number of aromatic nitrogens is 2. The van der Waals surface area contributed by atoms with Crippen LogP contribution in [0.3, 0.4) is 0 Å². The Labute approximate surface area is 167 Å². The van der Waals surface area contributed by atoms with E-state index < -0.39 is 5.91 Å². The van der Waals surface area contributed by atoms with Crippen molar-refractivity contribution >= 4 is 57.2 Å². The topological polar surface area (TPSA) is 64.1 Å². The number of fused-ring (bicyclic) bond motifs is 1. The van der Waals surface area contributed by atoms with Gasteiger partial charge >= 0.3 is 0 Å². The first kappa shape index (κ1) is 17.5. The van der Waals surface area contributed by atoms with Crippen molar-refractivity contribution in [1.82, 2.24) is 9.97 Å². The van der Waals surface area contributed by atoms with Crippen molar-refractivity contribution in [2.75, 3.05) is 11.9 Å². The average Bonchev–Trinajstić information content (AvgIpc) is 3.28. The predicted molar refractivity (Wildman–Crippen MR) is 104 cm³/mol. The first-order valence-electron chi connectivity index (χ1n) is 7.55. The molecule has 2 aromatic heterocycles. The van der Waals surface area contributed by atoms with Crippen molar-refractivity contribution in [2.45, 2.75) is 6.42 Å². The minimum Gasteiger partial charge on any atom is -0.493 e. The summed E-state index contributed by atoms with van der Waals surface area (Å²) in [6.07, 6.45) is 2.17. The van der Waals surface area contributed by atoms with E-state index in [1.807, 2.05) is 17.5 Å². The predicted octanol–water partition coefficient (Wildman–Crippen LogP) is 5.35. The van der Waals surface area contributed by atoms with Crippen LogP contribution in [0.15, 0.2) is 29.8 Å². The second kappa shape index (κ2) is 7.04. The summed E-state index contributed by atoms with van der Waals surface area (Å²) in [7, 11) is 0. The molecule has 0 unspecified atom stereocenters. The van der Waals surface area contributed by atoms with E-state index in [2.05, 4.69) is 21.4 Å². The number of nitrogens with zero attached hydrogens (tertiary/aromatic N) is 2. The number of pyridine rings is 1. The molecule has 4 rings (SSSR count). The van der Waals surface area contributed by atoms with Crippen LogP contribution in [0.1, 0.15) is 16.1 Å². The Morgan fingerprint density at radius 2 is 2.08 bits per heavy atom. The van der Waals surface area contributed by atoms with Gasteiger partial charge in [0.2, 0.25) is 0 Å². The average molecular weight is 427 g/mol. The molecule has 9 heteroatoms. The number of ether oxygens (including phenoxy) is 1. The van der Waals surface area contributed by atoms with Gasteiger partial charge in [-0.1, -0.05) is 34.8 Å². The highest BCUT2D eigenvalue weighted by molar-refractivity contribution is 7.14. The Bertz CT molecular complexity index is 1020. The van der Waals surface area contributed by atoms with Crippen molar-refractivity contribution in [3.8, 4) is 17.0 Å². The van der Waals surface area contributed by atoms with E-state index in [0.29, 0.717) is 11.7 Å². The van der Waals surface area contributed by atoms with Crippen LogP contribution in [0.25, 0.3) is 11.3 Å². The van der Waals surface area contributed by atoms with Crippen molar-refractivity contribution < 1.29 is 9.53 Å². The van der Waals surface area contributed by atoms with Crippen LogP contribution in [-0.4, -0.2) is 22.5 Å². The fourth-order valence-corrected chi connectivity index (χ4v) is 3.85. The number of nitrogens with one attached hydrogen (secondary N) is 1. The summed E-state index contributed by atoms with van der Waals surface area (Å²) < 4.78 is 5.51. The molecule has 1 amide bonds. The Balaban J connectivity index is 1.55. The summed E-state index contributed by atoms with van der Waals surface area (Å²) in [5, 5.41) is 5.27. The zero-order chi connectivity index (χ0) is 18.3. The Kier molecular flexibility index (Phi) is 4.75. The minimum atomic E-state index is -0.503. The lowest BCUT2D eigenvalue weighted by Crippen LogP contribution is -2.14. The third-order valence-corrected chi connectivity index (χ3v) is 5.84. The first-order chi connectivity index (χ1) is 12.5. The molecule has 132 valence electrons. The maximum Gasteiger partial charge on any atom is 0.277 e. The fourth-order valence-electron chi connectivity index (χ4n) is 2.57. The second-order valence-electron chi connectivity index (χ2n) is 5.50. The zero-order valence-electron chi connectivity index (χ0n) is 13.1. The standard InChI is InChI=1S/C17H10Cl3N3O2S/c18-10-6-21-15(14(20)13(10)19)16(24)23-17-22-11(7-26-17)8-1-2-12-9(5-8)3-4-25-12/h1-2,5-7H,3-4H2,(H,22,23,24). The second-order valence-corrected chi connectivity index (χ2v) is 7.52. The van der Waals surface area contributed by atoms with Gasteiger partial charge < -0.3 is 4.74 Å². The molecule has 0 fully saturated rings. The van der Waals surface area contributed by atoms with Gasteiger partial charge in [-0.3, -0.25) is 10.1 Å². The summed E-state index contributed by atoms with van der Waals surface area (Å²) in [5.74, 6) is 0.412.